The average molecular weight is 481 g/mol. The first kappa shape index (κ1) is 25.2. The second-order valence-electron chi connectivity index (χ2n) is 8.55. The van der Waals surface area contributed by atoms with Crippen LogP contribution in [0, 0.1) is 27.7 Å². The van der Waals surface area contributed by atoms with Gasteiger partial charge in [0.05, 0.1) is 18.2 Å². The first-order valence-electron chi connectivity index (χ1n) is 11.2. The minimum atomic E-state index is -3.65. The highest BCUT2D eigenvalue weighted by Gasteiger charge is 2.22. The third-order valence-electron chi connectivity index (χ3n) is 5.66. The van der Waals surface area contributed by atoms with E-state index in [2.05, 4.69) is 47.1 Å². The van der Waals surface area contributed by atoms with Gasteiger partial charge in [-0.2, -0.15) is 5.10 Å². The average Bonchev–Trinajstić information content (AvgIpc) is 3.03. The van der Waals surface area contributed by atoms with E-state index in [0.29, 0.717) is 12.1 Å². The molecule has 0 aliphatic rings. The molecule has 0 bridgehead atoms. The minimum Gasteiger partial charge on any atom is -0.318 e. The Kier molecular flexibility index (Phi) is 7.61. The van der Waals surface area contributed by atoms with Crippen LogP contribution in [0.3, 0.4) is 0 Å². The molecular weight excluding hydrogens is 448 g/mol. The second kappa shape index (κ2) is 10.3. The summed E-state index contributed by atoms with van der Waals surface area (Å²) < 4.78 is 28.1. The van der Waals surface area contributed by atoms with Crippen LogP contribution in [0.25, 0.3) is 5.69 Å². The maximum Gasteiger partial charge on any atom is 0.260 e. The zero-order valence-electron chi connectivity index (χ0n) is 20.6. The lowest BCUT2D eigenvalue weighted by molar-refractivity contribution is -0.119. The molecule has 34 heavy (non-hydrogen) atoms. The molecule has 0 aliphatic heterocycles. The minimum absolute atomic E-state index is 0.352. The third kappa shape index (κ3) is 5.75. The number of anilines is 1. The molecule has 3 aromatic rings. The number of hydrazone groups is 1. The SMILES string of the molecule is CCc1ccccc1N(CC(=O)N/N=C\c1cc(C)n(-c2cc(C)cc(C)c2)c1C)S(C)(=O)=O. The quantitative estimate of drug-likeness (QED) is 0.388. The summed E-state index contributed by atoms with van der Waals surface area (Å²) in [5, 5.41) is 4.10. The molecule has 1 amide bonds. The summed E-state index contributed by atoms with van der Waals surface area (Å²) in [5.74, 6) is -0.518. The summed E-state index contributed by atoms with van der Waals surface area (Å²) in [7, 11) is -3.65. The van der Waals surface area contributed by atoms with Gasteiger partial charge in [-0.1, -0.05) is 31.2 Å². The van der Waals surface area contributed by atoms with Crippen molar-refractivity contribution >= 4 is 27.8 Å². The number of rotatable bonds is 8. The van der Waals surface area contributed by atoms with E-state index in [1.807, 2.05) is 39.0 Å². The fraction of sp³-hybridized carbons (Fsp3) is 0.308. The Labute approximate surface area is 202 Å². The third-order valence-corrected chi connectivity index (χ3v) is 6.78. The van der Waals surface area contributed by atoms with Crippen LogP contribution < -0.4 is 9.73 Å². The number of nitrogens with one attached hydrogen (secondary N) is 1. The van der Waals surface area contributed by atoms with E-state index in [1.165, 1.54) is 11.1 Å². The molecule has 1 aromatic heterocycles. The van der Waals surface area contributed by atoms with Crippen molar-refractivity contribution in [2.24, 2.45) is 5.10 Å². The molecule has 2 aromatic carbocycles. The number of hydrogen-bond donors (Lipinski definition) is 1. The Morgan fingerprint density at radius 3 is 2.32 bits per heavy atom. The van der Waals surface area contributed by atoms with E-state index in [9.17, 15) is 13.2 Å². The van der Waals surface area contributed by atoms with Gasteiger partial charge in [-0.15, -0.1) is 0 Å². The second-order valence-corrected chi connectivity index (χ2v) is 10.5. The molecule has 0 aliphatic carbocycles. The summed E-state index contributed by atoms with van der Waals surface area (Å²) in [5.41, 5.74) is 10.2. The molecule has 180 valence electrons. The summed E-state index contributed by atoms with van der Waals surface area (Å²) in [6, 6.07) is 15.6. The summed E-state index contributed by atoms with van der Waals surface area (Å²) >= 11 is 0. The van der Waals surface area contributed by atoms with E-state index in [0.717, 1.165) is 38.8 Å². The predicted molar refractivity (Wildman–Crippen MR) is 138 cm³/mol. The molecule has 0 atom stereocenters. The number of sulfonamides is 1. The van der Waals surface area contributed by atoms with Gasteiger partial charge in [0.1, 0.15) is 6.54 Å². The van der Waals surface area contributed by atoms with E-state index in [1.54, 1.807) is 18.3 Å². The monoisotopic (exact) mass is 480 g/mol. The van der Waals surface area contributed by atoms with Crippen molar-refractivity contribution in [3.63, 3.8) is 0 Å². The Balaban J connectivity index is 1.78. The van der Waals surface area contributed by atoms with Crippen LogP contribution in [-0.4, -0.2) is 37.9 Å². The number of para-hydroxylation sites is 1. The number of hydrogen-bond acceptors (Lipinski definition) is 4. The number of aromatic nitrogens is 1. The van der Waals surface area contributed by atoms with Crippen molar-refractivity contribution < 1.29 is 13.2 Å². The van der Waals surface area contributed by atoms with E-state index in [-0.39, 0.29) is 6.54 Å². The van der Waals surface area contributed by atoms with Gasteiger partial charge in [0.25, 0.3) is 5.91 Å². The largest absolute Gasteiger partial charge is 0.318 e. The van der Waals surface area contributed by atoms with Crippen LogP contribution in [0.2, 0.25) is 0 Å². The Morgan fingerprint density at radius 2 is 1.71 bits per heavy atom. The van der Waals surface area contributed by atoms with Crippen LogP contribution in [0.4, 0.5) is 5.69 Å². The molecule has 0 saturated heterocycles. The fourth-order valence-electron chi connectivity index (χ4n) is 4.17. The van der Waals surface area contributed by atoms with Crippen molar-refractivity contribution in [3.05, 3.63) is 82.2 Å². The van der Waals surface area contributed by atoms with E-state index >= 15 is 0 Å². The molecule has 3 rings (SSSR count). The van der Waals surface area contributed by atoms with Crippen molar-refractivity contribution in [2.75, 3.05) is 17.1 Å². The molecule has 8 heteroatoms. The molecule has 0 spiro atoms. The zero-order chi connectivity index (χ0) is 25.0. The van der Waals surface area contributed by atoms with Crippen molar-refractivity contribution in [3.8, 4) is 5.69 Å². The van der Waals surface area contributed by atoms with Crippen molar-refractivity contribution in [2.45, 2.75) is 41.0 Å². The normalized spacial score (nSPS) is 11.7. The van der Waals surface area contributed by atoms with E-state index in [4.69, 9.17) is 0 Å². The Morgan fingerprint density at radius 1 is 1.06 bits per heavy atom. The molecular formula is C26H32N4O3S. The topological polar surface area (TPSA) is 83.8 Å². The maximum atomic E-state index is 12.6. The summed E-state index contributed by atoms with van der Waals surface area (Å²) in [6.07, 6.45) is 3.33. The highest BCUT2D eigenvalue weighted by molar-refractivity contribution is 7.92. The smallest absolute Gasteiger partial charge is 0.260 e. The van der Waals surface area contributed by atoms with Crippen LogP contribution >= 0.6 is 0 Å². The number of aryl methyl sites for hydroxylation is 4. The standard InChI is InChI=1S/C26H32N4O3S/c1-7-22-10-8-9-11-25(22)29(34(6,32)33)17-26(31)28-27-16-23-15-20(4)30(21(23)5)24-13-18(2)12-19(3)14-24/h8-16H,7,17H2,1-6H3,(H,28,31)/b27-16-. The van der Waals surface area contributed by atoms with Gasteiger partial charge in [-0.25, -0.2) is 13.8 Å². The molecule has 0 radical (unpaired) electrons. The lowest BCUT2D eigenvalue weighted by Gasteiger charge is -2.23. The van der Waals surface area contributed by atoms with Gasteiger partial charge in [0.15, 0.2) is 0 Å². The Hall–Kier alpha value is -3.39. The zero-order valence-corrected chi connectivity index (χ0v) is 21.4. The first-order valence-corrected chi connectivity index (χ1v) is 13.0. The van der Waals surface area contributed by atoms with E-state index < -0.39 is 15.9 Å². The molecule has 1 N–H and O–H groups in total. The van der Waals surface area contributed by atoms with Crippen molar-refractivity contribution in [1.29, 1.82) is 0 Å². The van der Waals surface area contributed by atoms with Gasteiger partial charge in [-0.3, -0.25) is 9.10 Å². The molecule has 7 nitrogen and oxygen atoms in total. The number of carbonyl (C=O) groups is 1. The van der Waals surface area contributed by atoms with Crippen LogP contribution in [0.5, 0.6) is 0 Å². The van der Waals surface area contributed by atoms with Gasteiger partial charge < -0.3 is 4.57 Å². The first-order chi connectivity index (χ1) is 16.0. The number of benzene rings is 2. The van der Waals surface area contributed by atoms with Gasteiger partial charge in [-0.05, 0) is 75.1 Å². The summed E-state index contributed by atoms with van der Waals surface area (Å²) in [6.45, 7) is 9.76. The molecule has 0 fully saturated rings. The van der Waals surface area contributed by atoms with Crippen LogP contribution in [-0.2, 0) is 21.2 Å². The number of carbonyl (C=O) groups excluding carboxylic acids is 1. The van der Waals surface area contributed by atoms with Crippen LogP contribution in [0.15, 0.2) is 53.6 Å². The van der Waals surface area contributed by atoms with Gasteiger partial charge in [0, 0.05) is 22.6 Å². The number of nitrogens with zero attached hydrogens (tertiary/aromatic N) is 3. The van der Waals surface area contributed by atoms with Crippen molar-refractivity contribution in [1.82, 2.24) is 9.99 Å². The van der Waals surface area contributed by atoms with Gasteiger partial charge >= 0.3 is 0 Å². The Bertz CT molecular complexity index is 1320. The highest BCUT2D eigenvalue weighted by atomic mass is 32.2. The summed E-state index contributed by atoms with van der Waals surface area (Å²) in [4.78, 5) is 12.6. The molecule has 1 heterocycles. The fourth-order valence-corrected chi connectivity index (χ4v) is 5.06. The maximum absolute atomic E-state index is 12.6. The molecule has 0 unspecified atom stereocenters. The van der Waals surface area contributed by atoms with Gasteiger partial charge in [0.2, 0.25) is 10.0 Å². The predicted octanol–water partition coefficient (Wildman–Crippen LogP) is 4.19. The highest BCUT2D eigenvalue weighted by Crippen LogP contribution is 2.24. The lowest BCUT2D eigenvalue weighted by atomic mass is 10.1. The number of amides is 1. The lowest BCUT2D eigenvalue weighted by Crippen LogP contribution is -2.39. The molecule has 0 saturated carbocycles. The van der Waals surface area contributed by atoms with Crippen LogP contribution in [0.1, 0.15) is 40.6 Å².